The molecule has 1 amide bonds. The van der Waals surface area contributed by atoms with Crippen LogP contribution in [0.2, 0.25) is 0 Å². The molecule has 1 N–H and O–H groups in total. The van der Waals surface area contributed by atoms with Gasteiger partial charge >= 0.3 is 0 Å². The maximum atomic E-state index is 12.2. The van der Waals surface area contributed by atoms with E-state index < -0.39 is 4.92 Å². The van der Waals surface area contributed by atoms with Crippen molar-refractivity contribution in [2.24, 2.45) is 0 Å². The van der Waals surface area contributed by atoms with Gasteiger partial charge < -0.3 is 14.3 Å². The number of nitro groups is 1. The molecule has 0 aliphatic heterocycles. The van der Waals surface area contributed by atoms with Crippen LogP contribution in [0.1, 0.15) is 18.7 Å². The maximum Gasteiger partial charge on any atom is 0.278 e. The molecular formula is C16H15N3O4. The van der Waals surface area contributed by atoms with Crippen molar-refractivity contribution in [1.82, 2.24) is 9.88 Å². The van der Waals surface area contributed by atoms with Crippen LogP contribution in [0.25, 0.3) is 10.9 Å². The van der Waals surface area contributed by atoms with Gasteiger partial charge in [-0.3, -0.25) is 14.9 Å². The van der Waals surface area contributed by atoms with Gasteiger partial charge in [0.1, 0.15) is 12.3 Å². The first-order valence-corrected chi connectivity index (χ1v) is 7.11. The molecule has 0 saturated carbocycles. The zero-order chi connectivity index (χ0) is 16.4. The second-order valence-corrected chi connectivity index (χ2v) is 5.22. The number of amides is 1. The van der Waals surface area contributed by atoms with E-state index in [1.165, 1.54) is 6.07 Å². The lowest BCUT2D eigenvalue weighted by Gasteiger charge is -2.12. The quantitative estimate of drug-likeness (QED) is 0.579. The van der Waals surface area contributed by atoms with Gasteiger partial charge in [-0.15, -0.1) is 0 Å². The molecule has 0 radical (unpaired) electrons. The van der Waals surface area contributed by atoms with E-state index in [4.69, 9.17) is 4.42 Å². The van der Waals surface area contributed by atoms with Crippen LogP contribution >= 0.6 is 0 Å². The van der Waals surface area contributed by atoms with Gasteiger partial charge in [-0.25, -0.2) is 0 Å². The fourth-order valence-corrected chi connectivity index (χ4v) is 2.55. The number of non-ortho nitro benzene ring substituents is 1. The Labute approximate surface area is 131 Å². The summed E-state index contributed by atoms with van der Waals surface area (Å²) in [5.41, 5.74) is 0.686. The molecule has 0 fully saturated rings. The van der Waals surface area contributed by atoms with E-state index in [0.717, 1.165) is 0 Å². The third kappa shape index (κ3) is 2.94. The molecule has 23 heavy (non-hydrogen) atoms. The highest BCUT2D eigenvalue weighted by Gasteiger charge is 2.16. The zero-order valence-corrected chi connectivity index (χ0v) is 12.4. The van der Waals surface area contributed by atoms with Crippen LogP contribution in [0.3, 0.4) is 0 Å². The summed E-state index contributed by atoms with van der Waals surface area (Å²) >= 11 is 0. The molecule has 2 heterocycles. The van der Waals surface area contributed by atoms with E-state index in [1.807, 2.05) is 6.92 Å². The number of carbonyl (C=O) groups is 1. The molecule has 0 bridgehead atoms. The van der Waals surface area contributed by atoms with E-state index in [-0.39, 0.29) is 24.2 Å². The van der Waals surface area contributed by atoms with Gasteiger partial charge in [0.15, 0.2) is 0 Å². The molecule has 0 aliphatic carbocycles. The number of hydrogen-bond donors (Lipinski definition) is 1. The molecule has 2 aromatic heterocycles. The smallest absolute Gasteiger partial charge is 0.278 e. The van der Waals surface area contributed by atoms with Crippen LogP contribution in [-0.4, -0.2) is 15.4 Å². The zero-order valence-electron chi connectivity index (χ0n) is 12.4. The Morgan fingerprint density at radius 3 is 2.87 bits per heavy atom. The second-order valence-electron chi connectivity index (χ2n) is 5.22. The Hall–Kier alpha value is -3.09. The summed E-state index contributed by atoms with van der Waals surface area (Å²) in [7, 11) is 0. The average Bonchev–Trinajstić information content (AvgIpc) is 3.16. The van der Waals surface area contributed by atoms with Gasteiger partial charge in [0.05, 0.1) is 28.1 Å². The molecule has 0 unspecified atom stereocenters. The summed E-state index contributed by atoms with van der Waals surface area (Å²) in [5.74, 6) is 0.476. The summed E-state index contributed by atoms with van der Waals surface area (Å²) in [6, 6.07) is 9.78. The van der Waals surface area contributed by atoms with Crippen molar-refractivity contribution in [3.63, 3.8) is 0 Å². The van der Waals surface area contributed by atoms with E-state index in [2.05, 4.69) is 5.32 Å². The van der Waals surface area contributed by atoms with Gasteiger partial charge in [-0.05, 0) is 31.2 Å². The van der Waals surface area contributed by atoms with Gasteiger partial charge in [0.25, 0.3) is 5.69 Å². The highest BCUT2D eigenvalue weighted by molar-refractivity contribution is 5.90. The van der Waals surface area contributed by atoms with Gasteiger partial charge in [-0.2, -0.15) is 0 Å². The summed E-state index contributed by atoms with van der Waals surface area (Å²) in [4.78, 5) is 22.8. The minimum absolute atomic E-state index is 0.0330. The molecule has 0 aliphatic rings. The lowest BCUT2D eigenvalue weighted by molar-refractivity contribution is -0.383. The van der Waals surface area contributed by atoms with Gasteiger partial charge in [0, 0.05) is 12.3 Å². The number of nitrogens with zero attached hydrogens (tertiary/aromatic N) is 2. The third-order valence-corrected chi connectivity index (χ3v) is 3.65. The van der Waals surface area contributed by atoms with Crippen molar-refractivity contribution < 1.29 is 14.1 Å². The Morgan fingerprint density at radius 1 is 1.35 bits per heavy atom. The average molecular weight is 313 g/mol. The molecule has 7 heteroatoms. The number of rotatable bonds is 5. The number of hydrogen-bond acceptors (Lipinski definition) is 4. The summed E-state index contributed by atoms with van der Waals surface area (Å²) in [6.07, 6.45) is 3.23. The van der Waals surface area contributed by atoms with Crippen LogP contribution in [0.15, 0.2) is 53.3 Å². The van der Waals surface area contributed by atoms with Crippen LogP contribution in [-0.2, 0) is 11.3 Å². The number of aromatic nitrogens is 1. The van der Waals surface area contributed by atoms with Gasteiger partial charge in [0.2, 0.25) is 5.91 Å². The highest BCUT2D eigenvalue weighted by atomic mass is 16.6. The molecule has 1 aromatic carbocycles. The fraction of sp³-hybridized carbons (Fsp3) is 0.188. The van der Waals surface area contributed by atoms with E-state index in [1.54, 1.807) is 47.4 Å². The lowest BCUT2D eigenvalue weighted by Crippen LogP contribution is -2.29. The number of furan rings is 1. The Balaban J connectivity index is 1.78. The van der Waals surface area contributed by atoms with Crippen LogP contribution in [0.4, 0.5) is 5.69 Å². The Kier molecular flexibility index (Phi) is 3.84. The van der Waals surface area contributed by atoms with E-state index in [0.29, 0.717) is 16.7 Å². The predicted molar refractivity (Wildman–Crippen MR) is 83.9 cm³/mol. The highest BCUT2D eigenvalue weighted by Crippen LogP contribution is 2.26. The first-order chi connectivity index (χ1) is 11.1. The van der Waals surface area contributed by atoms with E-state index in [9.17, 15) is 14.9 Å². The minimum Gasteiger partial charge on any atom is -0.467 e. The standard InChI is InChI=1S/C16H15N3O4/c1-11(15-6-3-9-23-15)17-16(20)10-18-8-7-12-13(18)4-2-5-14(12)19(21)22/h2-9,11H,10H2,1H3,(H,17,20)/t11-/m1/s1. The molecule has 118 valence electrons. The Bertz CT molecular complexity index is 851. The third-order valence-electron chi connectivity index (χ3n) is 3.65. The number of benzene rings is 1. The van der Waals surface area contributed by atoms with Crippen molar-refractivity contribution in [1.29, 1.82) is 0 Å². The predicted octanol–water partition coefficient (Wildman–Crippen LogP) is 3.02. The topological polar surface area (TPSA) is 90.3 Å². The first-order valence-electron chi connectivity index (χ1n) is 7.11. The first kappa shape index (κ1) is 14.8. The number of carbonyl (C=O) groups excluding carboxylic acids is 1. The lowest BCUT2D eigenvalue weighted by atomic mass is 10.2. The molecule has 0 saturated heterocycles. The molecular weight excluding hydrogens is 298 g/mol. The fourth-order valence-electron chi connectivity index (χ4n) is 2.55. The molecule has 1 atom stereocenters. The molecule has 3 aromatic rings. The Morgan fingerprint density at radius 2 is 2.17 bits per heavy atom. The van der Waals surface area contributed by atoms with E-state index >= 15 is 0 Å². The van der Waals surface area contributed by atoms with Crippen LogP contribution in [0, 0.1) is 10.1 Å². The van der Waals surface area contributed by atoms with Crippen molar-refractivity contribution in [3.8, 4) is 0 Å². The maximum absolute atomic E-state index is 12.2. The largest absolute Gasteiger partial charge is 0.467 e. The molecule has 7 nitrogen and oxygen atoms in total. The second kappa shape index (κ2) is 5.96. The molecule has 0 spiro atoms. The summed E-state index contributed by atoms with van der Waals surface area (Å²) in [6.45, 7) is 1.91. The van der Waals surface area contributed by atoms with Crippen molar-refractivity contribution in [2.75, 3.05) is 0 Å². The molecule has 3 rings (SSSR count). The monoisotopic (exact) mass is 313 g/mol. The van der Waals surface area contributed by atoms with Crippen molar-refractivity contribution >= 4 is 22.5 Å². The normalized spacial score (nSPS) is 12.2. The number of nitro benzene ring substituents is 1. The number of nitrogens with one attached hydrogen (secondary N) is 1. The summed E-state index contributed by atoms with van der Waals surface area (Å²) < 4.78 is 6.93. The SMILES string of the molecule is C[C@@H](NC(=O)Cn1ccc2c([N+](=O)[O-])cccc21)c1ccco1. The van der Waals surface area contributed by atoms with Gasteiger partial charge in [-0.1, -0.05) is 6.07 Å². The summed E-state index contributed by atoms with van der Waals surface area (Å²) in [5, 5.41) is 14.4. The van der Waals surface area contributed by atoms with Crippen molar-refractivity contribution in [2.45, 2.75) is 19.5 Å². The van der Waals surface area contributed by atoms with Crippen LogP contribution < -0.4 is 5.32 Å². The van der Waals surface area contributed by atoms with Crippen molar-refractivity contribution in [3.05, 3.63) is 64.7 Å². The minimum atomic E-state index is -0.425. The van der Waals surface area contributed by atoms with Crippen LogP contribution in [0.5, 0.6) is 0 Å². The number of fused-ring (bicyclic) bond motifs is 1.